The van der Waals surface area contributed by atoms with Crippen molar-refractivity contribution in [2.24, 2.45) is 0 Å². The predicted molar refractivity (Wildman–Crippen MR) is 32.1 cm³/mol. The molecule has 0 amide bonds. The number of hydrogen-bond donors (Lipinski definition) is 1. The molecule has 1 aliphatic rings. The molecule has 1 rings (SSSR count). The van der Waals surface area contributed by atoms with Crippen molar-refractivity contribution >= 4 is 0 Å². The number of nitrogens with zero attached hydrogens (tertiary/aromatic N) is 1. The van der Waals surface area contributed by atoms with Crippen LogP contribution >= 0.6 is 0 Å². The predicted octanol–water partition coefficient (Wildman–Crippen LogP) is 0.124. The fourth-order valence-electron chi connectivity index (χ4n) is 0.903. The van der Waals surface area contributed by atoms with Crippen LogP contribution in [-0.4, -0.2) is 23.8 Å². The average molecular weight is 115 g/mol. The van der Waals surface area contributed by atoms with E-state index in [1.54, 1.807) is 0 Å². The van der Waals surface area contributed by atoms with Gasteiger partial charge in [0.05, 0.1) is 0 Å². The summed E-state index contributed by atoms with van der Waals surface area (Å²) < 4.78 is 0. The molecule has 0 aromatic heterocycles. The van der Waals surface area contributed by atoms with Crippen LogP contribution in [0.15, 0.2) is 0 Å². The Morgan fingerprint density at radius 2 is 2.25 bits per heavy atom. The summed E-state index contributed by atoms with van der Waals surface area (Å²) in [6, 6.07) is 0.157. The van der Waals surface area contributed by atoms with E-state index in [2.05, 4.69) is 5.32 Å². The van der Waals surface area contributed by atoms with E-state index in [1.807, 2.05) is 13.8 Å². The second-order valence-corrected chi connectivity index (χ2v) is 2.29. The van der Waals surface area contributed by atoms with Gasteiger partial charge in [-0.1, -0.05) is 0 Å². The molecule has 8 heavy (non-hydrogen) atoms. The molecule has 2 unspecified atom stereocenters. The Bertz CT molecular complexity index is 76.5. The first kappa shape index (κ1) is 6.01. The lowest BCUT2D eigenvalue weighted by molar-refractivity contribution is 0.301. The largest absolute Gasteiger partial charge is 0.784 e. The van der Waals surface area contributed by atoms with Crippen LogP contribution in [0, 0.1) is 5.21 Å². The Kier molecular flexibility index (Phi) is 1.51. The van der Waals surface area contributed by atoms with Gasteiger partial charge in [0.25, 0.3) is 0 Å². The topological polar surface area (TPSA) is 38.3 Å². The second-order valence-electron chi connectivity index (χ2n) is 2.29. The van der Waals surface area contributed by atoms with Crippen molar-refractivity contribution in [3.8, 4) is 0 Å². The smallest absolute Gasteiger partial charge is 0.0455 e. The van der Waals surface area contributed by atoms with Gasteiger partial charge in [-0.2, -0.15) is 0 Å². The molecule has 0 aromatic rings. The molecule has 48 valence electrons. The van der Waals surface area contributed by atoms with Crippen LogP contribution in [0.1, 0.15) is 13.8 Å². The van der Waals surface area contributed by atoms with Crippen molar-refractivity contribution in [2.75, 3.05) is 6.54 Å². The van der Waals surface area contributed by atoms with Gasteiger partial charge in [-0.3, -0.25) is 0 Å². The zero-order valence-corrected chi connectivity index (χ0v) is 5.22. The van der Waals surface area contributed by atoms with E-state index in [0.717, 1.165) is 11.6 Å². The van der Waals surface area contributed by atoms with Gasteiger partial charge in [0.1, 0.15) is 0 Å². The summed E-state index contributed by atoms with van der Waals surface area (Å²) in [5.41, 5.74) is 0. The highest BCUT2D eigenvalue weighted by Gasteiger charge is 2.17. The Labute approximate surface area is 49.3 Å². The van der Waals surface area contributed by atoms with E-state index in [9.17, 15) is 5.21 Å². The number of hydrogen-bond acceptors (Lipinski definition) is 3. The number of hydroxylamine groups is 2. The number of rotatable bonds is 0. The first-order valence-electron chi connectivity index (χ1n) is 2.90. The van der Waals surface area contributed by atoms with Crippen molar-refractivity contribution < 1.29 is 0 Å². The van der Waals surface area contributed by atoms with Crippen LogP contribution in [0.25, 0.3) is 0 Å². The maximum absolute atomic E-state index is 10.8. The molecule has 0 aromatic carbocycles. The van der Waals surface area contributed by atoms with Crippen LogP contribution in [-0.2, 0) is 0 Å². The molecule has 1 aliphatic heterocycles. The SMILES string of the molecule is CC1CNC(C)N1[O-]. The van der Waals surface area contributed by atoms with Gasteiger partial charge in [-0.15, -0.1) is 0 Å². The zero-order chi connectivity index (χ0) is 6.15. The normalized spacial score (nSPS) is 40.9. The zero-order valence-electron chi connectivity index (χ0n) is 5.22. The summed E-state index contributed by atoms with van der Waals surface area (Å²) >= 11 is 0. The van der Waals surface area contributed by atoms with E-state index < -0.39 is 0 Å². The Morgan fingerprint density at radius 3 is 2.38 bits per heavy atom. The third kappa shape index (κ3) is 0.844. The third-order valence-electron chi connectivity index (χ3n) is 1.52. The van der Waals surface area contributed by atoms with Crippen LogP contribution < -0.4 is 5.32 Å². The highest BCUT2D eigenvalue weighted by atomic mass is 16.5. The Hall–Kier alpha value is -0.120. The van der Waals surface area contributed by atoms with Gasteiger partial charge in [0.15, 0.2) is 0 Å². The lowest BCUT2D eigenvalue weighted by atomic mass is 10.4. The molecule has 0 spiro atoms. The maximum Gasteiger partial charge on any atom is 0.0455 e. The molecular weight excluding hydrogens is 104 g/mol. The summed E-state index contributed by atoms with van der Waals surface area (Å²) in [4.78, 5) is 0. The molecule has 0 bridgehead atoms. The van der Waals surface area contributed by atoms with Gasteiger partial charge in [-0.05, 0) is 13.8 Å². The van der Waals surface area contributed by atoms with Gasteiger partial charge >= 0.3 is 0 Å². The monoisotopic (exact) mass is 115 g/mol. The molecule has 3 heteroatoms. The molecular formula is C5H11N2O-. The summed E-state index contributed by atoms with van der Waals surface area (Å²) in [5, 5.41) is 14.9. The minimum atomic E-state index is 0.0185. The first-order chi connectivity index (χ1) is 3.72. The molecule has 0 aliphatic carbocycles. The lowest BCUT2D eigenvalue weighted by Crippen LogP contribution is -2.29. The molecule has 1 saturated heterocycles. The second kappa shape index (κ2) is 2.01. The van der Waals surface area contributed by atoms with Crippen molar-refractivity contribution in [3.63, 3.8) is 0 Å². The summed E-state index contributed by atoms with van der Waals surface area (Å²) in [5.74, 6) is 0. The van der Waals surface area contributed by atoms with Crippen molar-refractivity contribution in [3.05, 3.63) is 5.21 Å². The summed E-state index contributed by atoms with van der Waals surface area (Å²) in [6.45, 7) is 4.62. The fraction of sp³-hybridized carbons (Fsp3) is 1.00. The van der Waals surface area contributed by atoms with E-state index in [-0.39, 0.29) is 12.2 Å². The summed E-state index contributed by atoms with van der Waals surface area (Å²) in [7, 11) is 0. The van der Waals surface area contributed by atoms with Crippen molar-refractivity contribution in [1.29, 1.82) is 0 Å². The molecule has 2 atom stereocenters. The van der Waals surface area contributed by atoms with Crippen molar-refractivity contribution in [1.82, 2.24) is 10.4 Å². The van der Waals surface area contributed by atoms with E-state index in [0.29, 0.717) is 0 Å². The number of nitrogens with one attached hydrogen (secondary N) is 1. The minimum Gasteiger partial charge on any atom is -0.784 e. The van der Waals surface area contributed by atoms with E-state index >= 15 is 0 Å². The van der Waals surface area contributed by atoms with Crippen LogP contribution in [0.3, 0.4) is 0 Å². The molecule has 0 saturated carbocycles. The standard InChI is InChI=1S/C5H11N2O/c1-4-3-6-5(2)7(4)8/h4-6H,3H2,1-2H3/q-1. The highest BCUT2D eigenvalue weighted by molar-refractivity contribution is 4.81. The molecule has 0 radical (unpaired) electrons. The van der Waals surface area contributed by atoms with Gasteiger partial charge in [0.2, 0.25) is 0 Å². The quantitative estimate of drug-likeness (QED) is 0.487. The molecule has 1 heterocycles. The molecule has 1 fully saturated rings. The van der Waals surface area contributed by atoms with Crippen LogP contribution in [0.2, 0.25) is 0 Å². The summed E-state index contributed by atoms with van der Waals surface area (Å²) in [6.07, 6.45) is 0.0185. The first-order valence-corrected chi connectivity index (χ1v) is 2.90. The molecule has 1 N–H and O–H groups in total. The van der Waals surface area contributed by atoms with E-state index in [4.69, 9.17) is 0 Å². The molecule has 3 nitrogen and oxygen atoms in total. The third-order valence-corrected chi connectivity index (χ3v) is 1.52. The van der Waals surface area contributed by atoms with E-state index in [1.165, 1.54) is 0 Å². The van der Waals surface area contributed by atoms with Crippen molar-refractivity contribution in [2.45, 2.75) is 26.1 Å². The maximum atomic E-state index is 10.8. The average Bonchev–Trinajstić information content (AvgIpc) is 1.98. The highest BCUT2D eigenvalue weighted by Crippen LogP contribution is 2.06. The lowest BCUT2D eigenvalue weighted by Gasteiger charge is -2.30. The van der Waals surface area contributed by atoms with Crippen LogP contribution in [0.4, 0.5) is 0 Å². The van der Waals surface area contributed by atoms with Gasteiger partial charge in [0, 0.05) is 18.8 Å². The Morgan fingerprint density at radius 1 is 1.62 bits per heavy atom. The van der Waals surface area contributed by atoms with Gasteiger partial charge in [-0.25, -0.2) is 0 Å². The minimum absolute atomic E-state index is 0.0185. The Balaban J connectivity index is 2.44. The van der Waals surface area contributed by atoms with Gasteiger partial charge < -0.3 is 15.6 Å². The van der Waals surface area contributed by atoms with Crippen LogP contribution in [0.5, 0.6) is 0 Å². The fourth-order valence-corrected chi connectivity index (χ4v) is 0.903.